The molecule has 0 spiro atoms. The van der Waals surface area contributed by atoms with Gasteiger partial charge in [0.2, 0.25) is 5.16 Å². The Bertz CT molecular complexity index is 173. The summed E-state index contributed by atoms with van der Waals surface area (Å²) in [6, 6.07) is 0. The van der Waals surface area contributed by atoms with Crippen molar-refractivity contribution in [3.05, 3.63) is 5.82 Å². The third-order valence-electron chi connectivity index (χ3n) is 0.658. The summed E-state index contributed by atoms with van der Waals surface area (Å²) in [5.41, 5.74) is 0. The molecule has 5 heteroatoms. The number of hydrogen-bond acceptors (Lipinski definition) is 4. The average molecular weight is 147 g/mol. The number of aromatic nitrogens is 3. The summed E-state index contributed by atoms with van der Waals surface area (Å²) in [6.07, 6.45) is 0. The topological polar surface area (TPSA) is 41.6 Å². The molecule has 1 aromatic heterocycles. The van der Waals surface area contributed by atoms with Gasteiger partial charge in [-0.15, -0.1) is 16.8 Å². The maximum Gasteiger partial charge on any atom is 0.218 e. The predicted octanol–water partition coefficient (Wildman–Crippen LogP) is 1.05. The van der Waals surface area contributed by atoms with Crippen LogP contribution in [0.4, 0.5) is 0 Å². The maximum absolute atomic E-state index is 3.95. The van der Waals surface area contributed by atoms with E-state index in [4.69, 9.17) is 0 Å². The van der Waals surface area contributed by atoms with Crippen LogP contribution in [0.15, 0.2) is 5.16 Å². The Morgan fingerprint density at radius 2 is 2.50 bits per heavy atom. The first-order valence-electron chi connectivity index (χ1n) is 2.03. The standard InChI is InChI=1S/C3H5N3S2/c1-2-4-3(8-7)6-5-2/h7H,1H3,(H,4,5,6). The smallest absolute Gasteiger partial charge is 0.218 e. The van der Waals surface area contributed by atoms with Gasteiger partial charge in [-0.25, -0.2) is 4.98 Å². The summed E-state index contributed by atoms with van der Waals surface area (Å²) < 4.78 is 0. The lowest BCUT2D eigenvalue weighted by Crippen LogP contribution is -1.69. The average Bonchev–Trinajstić information content (AvgIpc) is 2.14. The molecule has 0 bridgehead atoms. The molecular weight excluding hydrogens is 142 g/mol. The van der Waals surface area contributed by atoms with E-state index in [1.165, 1.54) is 10.8 Å². The monoisotopic (exact) mass is 147 g/mol. The van der Waals surface area contributed by atoms with E-state index in [1.807, 2.05) is 6.92 Å². The molecule has 0 amide bonds. The summed E-state index contributed by atoms with van der Waals surface area (Å²) in [6.45, 7) is 1.85. The first-order chi connectivity index (χ1) is 3.83. The first-order valence-corrected chi connectivity index (χ1v) is 3.90. The molecule has 1 heterocycles. The van der Waals surface area contributed by atoms with E-state index in [-0.39, 0.29) is 0 Å². The van der Waals surface area contributed by atoms with Crippen LogP contribution in [-0.4, -0.2) is 15.2 Å². The van der Waals surface area contributed by atoms with Gasteiger partial charge < -0.3 is 0 Å². The highest BCUT2D eigenvalue weighted by Crippen LogP contribution is 2.14. The second-order valence-corrected chi connectivity index (χ2v) is 2.39. The highest BCUT2D eigenvalue weighted by molar-refractivity contribution is 8.68. The number of hydrogen-bond donors (Lipinski definition) is 2. The van der Waals surface area contributed by atoms with Gasteiger partial charge in [-0.05, 0) is 17.7 Å². The molecule has 0 aliphatic carbocycles. The van der Waals surface area contributed by atoms with E-state index in [0.29, 0.717) is 5.16 Å². The number of thiol groups is 1. The molecule has 1 N–H and O–H groups in total. The Morgan fingerprint density at radius 3 is 2.75 bits per heavy atom. The minimum Gasteiger partial charge on any atom is -0.262 e. The van der Waals surface area contributed by atoms with Crippen LogP contribution in [0.2, 0.25) is 0 Å². The van der Waals surface area contributed by atoms with Crippen molar-refractivity contribution in [3.8, 4) is 0 Å². The molecule has 44 valence electrons. The molecular formula is C3H5N3S2. The number of H-pyrrole nitrogens is 1. The number of rotatable bonds is 1. The van der Waals surface area contributed by atoms with Gasteiger partial charge in [-0.2, -0.15) is 0 Å². The summed E-state index contributed by atoms with van der Waals surface area (Å²) in [4.78, 5) is 3.95. The number of aromatic amines is 1. The minimum atomic E-state index is 0.672. The lowest BCUT2D eigenvalue weighted by atomic mass is 10.8. The molecule has 0 unspecified atom stereocenters. The van der Waals surface area contributed by atoms with E-state index in [0.717, 1.165) is 5.82 Å². The normalized spacial score (nSPS) is 9.75. The van der Waals surface area contributed by atoms with Crippen molar-refractivity contribution in [1.82, 2.24) is 15.2 Å². The van der Waals surface area contributed by atoms with Crippen molar-refractivity contribution in [3.63, 3.8) is 0 Å². The molecule has 0 saturated carbocycles. The van der Waals surface area contributed by atoms with E-state index in [1.54, 1.807) is 0 Å². The van der Waals surface area contributed by atoms with Crippen molar-refractivity contribution in [2.75, 3.05) is 0 Å². The third kappa shape index (κ3) is 1.16. The largest absolute Gasteiger partial charge is 0.262 e. The van der Waals surface area contributed by atoms with Gasteiger partial charge in [0.05, 0.1) is 0 Å². The van der Waals surface area contributed by atoms with Crippen LogP contribution in [-0.2, 0) is 0 Å². The van der Waals surface area contributed by atoms with E-state index in [9.17, 15) is 0 Å². The van der Waals surface area contributed by atoms with Crippen LogP contribution in [0.3, 0.4) is 0 Å². The van der Waals surface area contributed by atoms with Gasteiger partial charge in [-0.1, -0.05) is 0 Å². The summed E-state index contributed by atoms with van der Waals surface area (Å²) >= 11 is 3.90. The summed E-state index contributed by atoms with van der Waals surface area (Å²) in [7, 11) is 1.23. The zero-order valence-corrected chi connectivity index (χ0v) is 5.96. The fourth-order valence-corrected chi connectivity index (χ4v) is 0.872. The van der Waals surface area contributed by atoms with Crippen molar-refractivity contribution < 1.29 is 0 Å². The van der Waals surface area contributed by atoms with E-state index >= 15 is 0 Å². The molecule has 0 fully saturated rings. The van der Waals surface area contributed by atoms with Crippen LogP contribution in [0.25, 0.3) is 0 Å². The highest BCUT2D eigenvalue weighted by Gasteiger charge is 1.93. The second-order valence-electron chi connectivity index (χ2n) is 1.29. The predicted molar refractivity (Wildman–Crippen MR) is 36.0 cm³/mol. The Morgan fingerprint density at radius 1 is 1.75 bits per heavy atom. The Kier molecular flexibility index (Phi) is 1.80. The minimum absolute atomic E-state index is 0.672. The molecule has 0 radical (unpaired) electrons. The molecule has 0 aromatic carbocycles. The Labute approximate surface area is 56.1 Å². The van der Waals surface area contributed by atoms with Gasteiger partial charge >= 0.3 is 0 Å². The highest BCUT2D eigenvalue weighted by atomic mass is 33.1. The fraction of sp³-hybridized carbons (Fsp3) is 0.333. The number of nitrogens with zero attached hydrogens (tertiary/aromatic N) is 2. The van der Waals surface area contributed by atoms with Gasteiger partial charge in [0, 0.05) is 0 Å². The fourth-order valence-electron chi connectivity index (χ4n) is 0.363. The van der Waals surface area contributed by atoms with Crippen molar-refractivity contribution >= 4 is 22.5 Å². The van der Waals surface area contributed by atoms with Gasteiger partial charge in [0.1, 0.15) is 5.82 Å². The Balaban J connectivity index is 2.84. The number of aryl methyl sites for hydroxylation is 1. The first kappa shape index (κ1) is 5.97. The lowest BCUT2D eigenvalue weighted by Gasteiger charge is -1.74. The molecule has 8 heavy (non-hydrogen) atoms. The SMILES string of the molecule is Cc1nc(SS)n[nH]1. The van der Waals surface area contributed by atoms with Crippen LogP contribution < -0.4 is 0 Å². The van der Waals surface area contributed by atoms with E-state index < -0.39 is 0 Å². The Hall–Kier alpha value is -0.160. The van der Waals surface area contributed by atoms with Crippen LogP contribution >= 0.6 is 22.5 Å². The molecule has 3 nitrogen and oxygen atoms in total. The number of nitrogens with one attached hydrogen (secondary N) is 1. The molecule has 0 aliphatic rings. The van der Waals surface area contributed by atoms with Crippen molar-refractivity contribution in [2.45, 2.75) is 12.1 Å². The van der Waals surface area contributed by atoms with Crippen LogP contribution in [0, 0.1) is 6.92 Å². The summed E-state index contributed by atoms with van der Waals surface area (Å²) in [5, 5.41) is 7.15. The second kappa shape index (κ2) is 2.41. The van der Waals surface area contributed by atoms with Gasteiger partial charge in [0.25, 0.3) is 0 Å². The van der Waals surface area contributed by atoms with Crippen LogP contribution in [0.1, 0.15) is 5.82 Å². The van der Waals surface area contributed by atoms with Crippen molar-refractivity contribution in [1.29, 1.82) is 0 Å². The van der Waals surface area contributed by atoms with E-state index in [2.05, 4.69) is 26.8 Å². The summed E-state index contributed by atoms with van der Waals surface area (Å²) in [5.74, 6) is 0.821. The maximum atomic E-state index is 3.95. The molecule has 0 atom stereocenters. The zero-order chi connectivity index (χ0) is 5.98. The van der Waals surface area contributed by atoms with Crippen molar-refractivity contribution in [2.24, 2.45) is 0 Å². The third-order valence-corrected chi connectivity index (χ3v) is 1.49. The van der Waals surface area contributed by atoms with Gasteiger partial charge in [0.15, 0.2) is 0 Å². The quantitative estimate of drug-likeness (QED) is 0.461. The molecule has 0 saturated heterocycles. The lowest BCUT2D eigenvalue weighted by molar-refractivity contribution is 0.974. The molecule has 1 rings (SSSR count). The molecule has 1 aromatic rings. The molecule has 0 aliphatic heterocycles. The van der Waals surface area contributed by atoms with Gasteiger partial charge in [-0.3, -0.25) is 5.10 Å². The zero-order valence-electron chi connectivity index (χ0n) is 4.25. The van der Waals surface area contributed by atoms with Crippen LogP contribution in [0.5, 0.6) is 0 Å².